The van der Waals surface area contributed by atoms with Gasteiger partial charge in [0.15, 0.2) is 5.75 Å². The summed E-state index contributed by atoms with van der Waals surface area (Å²) in [6.45, 7) is 8.47. The highest BCUT2D eigenvalue weighted by Gasteiger charge is 2.21. The van der Waals surface area contributed by atoms with Gasteiger partial charge in [-0.25, -0.2) is 0 Å². The first-order valence-electron chi connectivity index (χ1n) is 6.09. The van der Waals surface area contributed by atoms with Crippen LogP contribution in [0.1, 0.15) is 27.7 Å². The minimum Gasteiger partial charge on any atom is -0.484 e. The average molecular weight is 252 g/mol. The molecule has 0 radical (unpaired) electrons. The average Bonchev–Trinajstić information content (AvgIpc) is 2.25. The van der Waals surface area contributed by atoms with Gasteiger partial charge in [0.05, 0.1) is 11.0 Å². The van der Waals surface area contributed by atoms with Crippen LogP contribution >= 0.6 is 0 Å². The van der Waals surface area contributed by atoms with Crippen molar-refractivity contribution >= 4 is 11.4 Å². The fraction of sp³-hybridized carbons (Fsp3) is 0.538. The molecule has 5 nitrogen and oxygen atoms in total. The number of rotatable bonds is 6. The molecule has 1 aromatic carbocycles. The van der Waals surface area contributed by atoms with Gasteiger partial charge in [-0.1, -0.05) is 19.9 Å². The largest absolute Gasteiger partial charge is 0.484 e. The van der Waals surface area contributed by atoms with Crippen LogP contribution < -0.4 is 10.1 Å². The van der Waals surface area contributed by atoms with E-state index in [0.29, 0.717) is 23.9 Å². The second-order valence-corrected chi connectivity index (χ2v) is 4.85. The summed E-state index contributed by atoms with van der Waals surface area (Å²) in [5.74, 6) is 0.725. The topological polar surface area (TPSA) is 64.4 Å². The Balaban J connectivity index is 3.05. The van der Waals surface area contributed by atoms with Crippen LogP contribution in [0.25, 0.3) is 0 Å². The first-order chi connectivity index (χ1) is 8.41. The Morgan fingerprint density at radius 2 is 2.00 bits per heavy atom. The summed E-state index contributed by atoms with van der Waals surface area (Å²) in [5, 5.41) is 14.2. The van der Waals surface area contributed by atoms with E-state index in [4.69, 9.17) is 4.74 Å². The van der Waals surface area contributed by atoms with Gasteiger partial charge in [0.25, 0.3) is 0 Å². The van der Waals surface area contributed by atoms with Crippen molar-refractivity contribution in [1.82, 2.24) is 0 Å². The molecule has 0 bridgehead atoms. The quantitative estimate of drug-likeness (QED) is 0.622. The third kappa shape index (κ3) is 3.91. The van der Waals surface area contributed by atoms with Crippen molar-refractivity contribution in [3.63, 3.8) is 0 Å². The predicted molar refractivity (Wildman–Crippen MR) is 72.2 cm³/mol. The number of para-hydroxylation sites is 1. The molecule has 0 aliphatic rings. The molecule has 5 heteroatoms. The van der Waals surface area contributed by atoms with Crippen LogP contribution in [0.3, 0.4) is 0 Å². The maximum Gasteiger partial charge on any atom is 0.333 e. The van der Waals surface area contributed by atoms with Crippen molar-refractivity contribution < 1.29 is 9.66 Å². The van der Waals surface area contributed by atoms with E-state index in [-0.39, 0.29) is 11.8 Å². The standard InChI is InChI=1S/C13H20N2O3/c1-9(2)8-14-11-6-5-7-12(18-10(3)4)13(11)15(16)17/h5-7,9-10,14H,8H2,1-4H3. The SMILES string of the molecule is CC(C)CNc1cccc(OC(C)C)c1[N+](=O)[O-]. The molecule has 0 atom stereocenters. The van der Waals surface area contributed by atoms with E-state index >= 15 is 0 Å². The zero-order valence-electron chi connectivity index (χ0n) is 11.3. The minimum absolute atomic E-state index is 0.00634. The third-order valence-corrected chi connectivity index (χ3v) is 2.25. The zero-order valence-corrected chi connectivity index (χ0v) is 11.3. The lowest BCUT2D eigenvalue weighted by atomic mass is 10.2. The lowest BCUT2D eigenvalue weighted by Crippen LogP contribution is -2.12. The van der Waals surface area contributed by atoms with Crippen LogP contribution in [0.5, 0.6) is 5.75 Å². The van der Waals surface area contributed by atoms with Crippen LogP contribution in [-0.2, 0) is 0 Å². The van der Waals surface area contributed by atoms with E-state index in [0.717, 1.165) is 0 Å². The maximum atomic E-state index is 11.2. The van der Waals surface area contributed by atoms with E-state index in [9.17, 15) is 10.1 Å². The first-order valence-corrected chi connectivity index (χ1v) is 6.09. The number of benzene rings is 1. The number of hydrogen-bond acceptors (Lipinski definition) is 4. The summed E-state index contributed by atoms with van der Waals surface area (Å²) in [7, 11) is 0. The smallest absolute Gasteiger partial charge is 0.333 e. The first kappa shape index (κ1) is 14.3. The molecule has 1 N–H and O–H groups in total. The molecular weight excluding hydrogens is 232 g/mol. The zero-order chi connectivity index (χ0) is 13.7. The van der Waals surface area contributed by atoms with Gasteiger partial charge in [0, 0.05) is 6.54 Å². The number of ether oxygens (including phenoxy) is 1. The van der Waals surface area contributed by atoms with E-state index in [2.05, 4.69) is 5.32 Å². The summed E-state index contributed by atoms with van der Waals surface area (Å²) in [6, 6.07) is 5.08. The van der Waals surface area contributed by atoms with E-state index in [1.54, 1.807) is 18.2 Å². The van der Waals surface area contributed by atoms with Crippen molar-refractivity contribution in [1.29, 1.82) is 0 Å². The normalized spacial score (nSPS) is 10.8. The highest BCUT2D eigenvalue weighted by atomic mass is 16.6. The highest BCUT2D eigenvalue weighted by molar-refractivity contribution is 5.68. The summed E-state index contributed by atoms with van der Waals surface area (Å²) in [5.41, 5.74) is 0.513. The minimum atomic E-state index is -0.402. The van der Waals surface area contributed by atoms with Crippen LogP contribution in [0.4, 0.5) is 11.4 Å². The fourth-order valence-electron chi connectivity index (χ4n) is 1.52. The second-order valence-electron chi connectivity index (χ2n) is 4.85. The summed E-state index contributed by atoms with van der Waals surface area (Å²) in [4.78, 5) is 10.8. The predicted octanol–water partition coefficient (Wildman–Crippen LogP) is 3.45. The van der Waals surface area contributed by atoms with Gasteiger partial charge >= 0.3 is 5.69 Å². The lowest BCUT2D eigenvalue weighted by Gasteiger charge is -2.14. The van der Waals surface area contributed by atoms with Gasteiger partial charge < -0.3 is 10.1 Å². The Morgan fingerprint density at radius 1 is 1.33 bits per heavy atom. The molecule has 0 aliphatic heterocycles. The summed E-state index contributed by atoms with van der Waals surface area (Å²) >= 11 is 0. The van der Waals surface area contributed by atoms with E-state index in [1.165, 1.54) is 0 Å². The molecule has 0 aliphatic carbocycles. The molecule has 0 saturated heterocycles. The number of nitrogens with one attached hydrogen (secondary N) is 1. The third-order valence-electron chi connectivity index (χ3n) is 2.25. The Kier molecular flexibility index (Phi) is 4.95. The van der Waals surface area contributed by atoms with E-state index in [1.807, 2.05) is 27.7 Å². The highest BCUT2D eigenvalue weighted by Crippen LogP contribution is 2.35. The van der Waals surface area contributed by atoms with Gasteiger partial charge in [0.1, 0.15) is 5.69 Å². The van der Waals surface area contributed by atoms with Gasteiger partial charge in [-0.2, -0.15) is 0 Å². The van der Waals surface area contributed by atoms with Gasteiger partial charge in [0.2, 0.25) is 0 Å². The molecule has 100 valence electrons. The molecule has 0 saturated carbocycles. The maximum absolute atomic E-state index is 11.2. The molecule has 0 aromatic heterocycles. The Labute approximate surface area is 107 Å². The lowest BCUT2D eigenvalue weighted by molar-refractivity contribution is -0.385. The molecule has 0 unspecified atom stereocenters. The number of nitro groups is 1. The van der Waals surface area contributed by atoms with Gasteiger partial charge in [-0.3, -0.25) is 10.1 Å². The molecule has 1 rings (SSSR count). The van der Waals surface area contributed by atoms with Crippen molar-refractivity contribution in [2.75, 3.05) is 11.9 Å². The van der Waals surface area contributed by atoms with Gasteiger partial charge in [-0.15, -0.1) is 0 Å². The number of nitro benzene ring substituents is 1. The number of nitrogens with zero attached hydrogens (tertiary/aromatic N) is 1. The Bertz CT molecular complexity index is 417. The van der Waals surface area contributed by atoms with Crippen molar-refractivity contribution in [2.45, 2.75) is 33.8 Å². The molecular formula is C13H20N2O3. The van der Waals surface area contributed by atoms with E-state index < -0.39 is 4.92 Å². The molecule has 1 aromatic rings. The van der Waals surface area contributed by atoms with Crippen molar-refractivity contribution in [3.8, 4) is 5.75 Å². The molecule has 0 amide bonds. The second kappa shape index (κ2) is 6.23. The Hall–Kier alpha value is -1.78. The molecule has 0 spiro atoms. The number of anilines is 1. The summed E-state index contributed by atoms with van der Waals surface area (Å²) < 4.78 is 5.47. The Morgan fingerprint density at radius 3 is 2.50 bits per heavy atom. The van der Waals surface area contributed by atoms with Crippen LogP contribution in [0.2, 0.25) is 0 Å². The summed E-state index contributed by atoms with van der Waals surface area (Å²) in [6.07, 6.45) is -0.0935. The molecule has 0 heterocycles. The van der Waals surface area contributed by atoms with Gasteiger partial charge in [-0.05, 0) is 31.9 Å². The van der Waals surface area contributed by atoms with Crippen LogP contribution in [-0.4, -0.2) is 17.6 Å². The monoisotopic (exact) mass is 252 g/mol. The van der Waals surface area contributed by atoms with Crippen molar-refractivity contribution in [2.24, 2.45) is 5.92 Å². The van der Waals surface area contributed by atoms with Crippen LogP contribution in [0, 0.1) is 16.0 Å². The van der Waals surface area contributed by atoms with Crippen LogP contribution in [0.15, 0.2) is 18.2 Å². The molecule has 0 fully saturated rings. The number of hydrogen-bond donors (Lipinski definition) is 1. The fourth-order valence-corrected chi connectivity index (χ4v) is 1.52. The molecule has 18 heavy (non-hydrogen) atoms. The van der Waals surface area contributed by atoms with Crippen molar-refractivity contribution in [3.05, 3.63) is 28.3 Å².